The van der Waals surface area contributed by atoms with Crippen LogP contribution in [0.4, 0.5) is 0 Å². The minimum Gasteiger partial charge on any atom is -0.343 e. The van der Waals surface area contributed by atoms with Crippen LogP contribution < -0.4 is 5.32 Å². The number of amides is 2. The molecular weight excluding hydrogens is 264 g/mol. The first-order valence-electron chi connectivity index (χ1n) is 7.83. The van der Waals surface area contributed by atoms with Crippen LogP contribution in [0.5, 0.6) is 0 Å². The van der Waals surface area contributed by atoms with Crippen molar-refractivity contribution in [2.75, 3.05) is 0 Å². The summed E-state index contributed by atoms with van der Waals surface area (Å²) in [5.41, 5.74) is 2.53. The molecule has 1 aromatic rings. The summed E-state index contributed by atoms with van der Waals surface area (Å²) in [4.78, 5) is 26.7. The van der Waals surface area contributed by atoms with Crippen molar-refractivity contribution < 1.29 is 9.59 Å². The van der Waals surface area contributed by atoms with Crippen molar-refractivity contribution in [3.8, 4) is 0 Å². The molecule has 112 valence electrons. The van der Waals surface area contributed by atoms with Crippen LogP contribution in [0.15, 0.2) is 24.3 Å². The Morgan fingerprint density at radius 1 is 1.29 bits per heavy atom. The van der Waals surface area contributed by atoms with E-state index in [0.29, 0.717) is 6.42 Å². The molecule has 0 saturated carbocycles. The molecule has 1 aliphatic heterocycles. The third-order valence-corrected chi connectivity index (χ3v) is 4.75. The number of nitrogens with zero attached hydrogens (tertiary/aromatic N) is 1. The molecule has 3 rings (SSSR count). The molecule has 0 aromatic heterocycles. The fraction of sp³-hybridized carbons (Fsp3) is 0.529. The quantitative estimate of drug-likeness (QED) is 0.906. The summed E-state index contributed by atoms with van der Waals surface area (Å²) in [6.45, 7) is 3.77. The molecule has 1 N–H and O–H groups in total. The number of nitrogens with one attached hydrogen (secondary N) is 1. The molecule has 0 bridgehead atoms. The highest BCUT2D eigenvalue weighted by atomic mass is 16.2. The van der Waals surface area contributed by atoms with Gasteiger partial charge in [-0.05, 0) is 43.7 Å². The van der Waals surface area contributed by atoms with Gasteiger partial charge in [0, 0.05) is 0 Å². The van der Waals surface area contributed by atoms with Crippen molar-refractivity contribution >= 4 is 11.8 Å². The third-order valence-electron chi connectivity index (χ3n) is 4.75. The predicted octanol–water partition coefficient (Wildman–Crippen LogP) is 2.19. The van der Waals surface area contributed by atoms with Gasteiger partial charge < -0.3 is 10.2 Å². The molecule has 1 saturated heterocycles. The van der Waals surface area contributed by atoms with E-state index in [1.165, 1.54) is 11.1 Å². The van der Waals surface area contributed by atoms with Crippen LogP contribution >= 0.6 is 0 Å². The number of carbonyl (C=O) groups is 2. The van der Waals surface area contributed by atoms with E-state index in [-0.39, 0.29) is 23.9 Å². The number of hydrogen-bond acceptors (Lipinski definition) is 2. The van der Waals surface area contributed by atoms with Gasteiger partial charge >= 0.3 is 0 Å². The van der Waals surface area contributed by atoms with E-state index in [4.69, 9.17) is 0 Å². The zero-order valence-corrected chi connectivity index (χ0v) is 12.6. The number of hydrogen-bond donors (Lipinski definition) is 1. The number of aryl methyl sites for hydroxylation is 1. The molecule has 1 aliphatic carbocycles. The van der Waals surface area contributed by atoms with Gasteiger partial charge in [-0.15, -0.1) is 0 Å². The van der Waals surface area contributed by atoms with Gasteiger partial charge in [-0.3, -0.25) is 9.59 Å². The number of carbonyl (C=O) groups excluding carboxylic acids is 2. The molecule has 2 amide bonds. The molecule has 21 heavy (non-hydrogen) atoms. The standard InChI is InChI=1S/C17H22N2O2/c1-3-14-17(21)19(11(2)16(20)18-14)15-10-6-8-12-7-4-5-9-13(12)15/h4-5,7,9,11,14-15H,3,6,8,10H2,1-2H3,(H,18,20). The van der Waals surface area contributed by atoms with Crippen molar-refractivity contribution in [2.45, 2.75) is 57.7 Å². The minimum atomic E-state index is -0.392. The Kier molecular flexibility index (Phi) is 3.70. The summed E-state index contributed by atoms with van der Waals surface area (Å²) in [6, 6.07) is 7.58. The lowest BCUT2D eigenvalue weighted by Gasteiger charge is -2.44. The Bertz CT molecular complexity index is 570. The van der Waals surface area contributed by atoms with E-state index in [0.717, 1.165) is 19.3 Å². The molecule has 0 spiro atoms. The number of benzene rings is 1. The smallest absolute Gasteiger partial charge is 0.246 e. The first kappa shape index (κ1) is 14.1. The average molecular weight is 286 g/mol. The molecule has 1 fully saturated rings. The number of fused-ring (bicyclic) bond motifs is 1. The van der Waals surface area contributed by atoms with E-state index in [1.54, 1.807) is 0 Å². The monoisotopic (exact) mass is 286 g/mol. The number of piperazine rings is 1. The second-order valence-electron chi connectivity index (χ2n) is 6.00. The molecule has 3 unspecified atom stereocenters. The van der Waals surface area contributed by atoms with Gasteiger partial charge in [-0.1, -0.05) is 31.2 Å². The van der Waals surface area contributed by atoms with Gasteiger partial charge in [0.05, 0.1) is 6.04 Å². The number of rotatable bonds is 2. The highest BCUT2D eigenvalue weighted by Gasteiger charge is 2.42. The molecule has 3 atom stereocenters. The topological polar surface area (TPSA) is 49.4 Å². The van der Waals surface area contributed by atoms with E-state index in [2.05, 4.69) is 17.4 Å². The SMILES string of the molecule is CCC1NC(=O)C(C)N(C2CCCc3ccccc32)C1=O. The van der Waals surface area contributed by atoms with Crippen LogP contribution in [0.25, 0.3) is 0 Å². The molecule has 2 aliphatic rings. The Labute approximate surface area is 125 Å². The molecule has 1 heterocycles. The zero-order chi connectivity index (χ0) is 15.0. The van der Waals surface area contributed by atoms with Crippen molar-refractivity contribution in [3.05, 3.63) is 35.4 Å². The first-order chi connectivity index (χ1) is 10.1. The lowest BCUT2D eigenvalue weighted by molar-refractivity contribution is -0.152. The molecular formula is C17H22N2O2. The van der Waals surface area contributed by atoms with Gasteiger partial charge in [0.2, 0.25) is 11.8 Å². The normalized spacial score (nSPS) is 29.0. The van der Waals surface area contributed by atoms with Crippen LogP contribution in [0.1, 0.15) is 50.3 Å². The Balaban J connectivity index is 1.98. The second-order valence-corrected chi connectivity index (χ2v) is 6.00. The maximum absolute atomic E-state index is 12.7. The van der Waals surface area contributed by atoms with Crippen molar-refractivity contribution in [1.29, 1.82) is 0 Å². The maximum Gasteiger partial charge on any atom is 0.246 e. The van der Waals surface area contributed by atoms with E-state index >= 15 is 0 Å². The fourth-order valence-electron chi connectivity index (χ4n) is 3.57. The lowest BCUT2D eigenvalue weighted by atomic mass is 9.85. The van der Waals surface area contributed by atoms with Gasteiger partial charge in [0.25, 0.3) is 0 Å². The third kappa shape index (κ3) is 2.33. The average Bonchev–Trinajstić information content (AvgIpc) is 2.51. The summed E-state index contributed by atoms with van der Waals surface area (Å²) in [6.07, 6.45) is 3.71. The second kappa shape index (κ2) is 5.51. The Morgan fingerprint density at radius 2 is 2.05 bits per heavy atom. The van der Waals surface area contributed by atoms with Gasteiger partial charge in [0.15, 0.2) is 0 Å². The van der Waals surface area contributed by atoms with Crippen molar-refractivity contribution in [2.24, 2.45) is 0 Å². The predicted molar refractivity (Wildman–Crippen MR) is 80.7 cm³/mol. The zero-order valence-electron chi connectivity index (χ0n) is 12.6. The van der Waals surface area contributed by atoms with Gasteiger partial charge in [-0.25, -0.2) is 0 Å². The molecule has 4 heteroatoms. The van der Waals surface area contributed by atoms with Crippen LogP contribution in [0, 0.1) is 0 Å². The van der Waals surface area contributed by atoms with Gasteiger partial charge in [-0.2, -0.15) is 0 Å². The minimum absolute atomic E-state index is 0.0375. The molecule has 0 radical (unpaired) electrons. The Hall–Kier alpha value is -1.84. The van der Waals surface area contributed by atoms with E-state index < -0.39 is 6.04 Å². The Morgan fingerprint density at radius 3 is 2.81 bits per heavy atom. The summed E-state index contributed by atoms with van der Waals surface area (Å²) >= 11 is 0. The highest BCUT2D eigenvalue weighted by Crippen LogP contribution is 2.36. The van der Waals surface area contributed by atoms with E-state index in [1.807, 2.05) is 30.9 Å². The lowest BCUT2D eigenvalue weighted by Crippen LogP contribution is -2.63. The van der Waals surface area contributed by atoms with Crippen LogP contribution in [0.3, 0.4) is 0 Å². The summed E-state index contributed by atoms with van der Waals surface area (Å²) in [5, 5.41) is 2.83. The van der Waals surface area contributed by atoms with Gasteiger partial charge in [0.1, 0.15) is 12.1 Å². The summed E-state index contributed by atoms with van der Waals surface area (Å²) < 4.78 is 0. The first-order valence-corrected chi connectivity index (χ1v) is 7.83. The fourth-order valence-corrected chi connectivity index (χ4v) is 3.57. The van der Waals surface area contributed by atoms with Crippen molar-refractivity contribution in [1.82, 2.24) is 10.2 Å². The molecule has 4 nitrogen and oxygen atoms in total. The summed E-state index contributed by atoms with van der Waals surface area (Å²) in [7, 11) is 0. The summed E-state index contributed by atoms with van der Waals surface area (Å²) in [5.74, 6) is 0.0239. The largest absolute Gasteiger partial charge is 0.343 e. The van der Waals surface area contributed by atoms with Crippen molar-refractivity contribution in [3.63, 3.8) is 0 Å². The van der Waals surface area contributed by atoms with E-state index in [9.17, 15) is 9.59 Å². The maximum atomic E-state index is 12.7. The van der Waals surface area contributed by atoms with Crippen LogP contribution in [-0.2, 0) is 16.0 Å². The van der Waals surface area contributed by atoms with Crippen LogP contribution in [-0.4, -0.2) is 28.8 Å². The molecule has 1 aromatic carbocycles. The highest BCUT2D eigenvalue weighted by molar-refractivity contribution is 5.97. The van der Waals surface area contributed by atoms with Crippen LogP contribution in [0.2, 0.25) is 0 Å².